The van der Waals surface area contributed by atoms with E-state index in [-0.39, 0.29) is 17.6 Å². The Morgan fingerprint density at radius 1 is 0.914 bits per heavy atom. The van der Waals surface area contributed by atoms with Gasteiger partial charge in [-0.05, 0) is 73.2 Å². The molecule has 2 aromatic carbocycles. The Balaban J connectivity index is 1.55. The Morgan fingerprint density at radius 3 is 2.29 bits per heavy atom. The van der Waals surface area contributed by atoms with E-state index in [2.05, 4.69) is 21.9 Å². The normalized spacial score (nSPS) is 10.3. The molecule has 1 amide bonds. The summed E-state index contributed by atoms with van der Waals surface area (Å²) in [6.45, 7) is 5.21. The van der Waals surface area contributed by atoms with Gasteiger partial charge in [0.25, 0.3) is 0 Å². The molecule has 0 aliphatic heterocycles. The Labute approximate surface area is 203 Å². The second-order valence-electron chi connectivity index (χ2n) is 7.60. The predicted octanol–water partition coefficient (Wildman–Crippen LogP) is 5.73. The largest absolute Gasteiger partial charge is 0.457 e. The van der Waals surface area contributed by atoms with Crippen LogP contribution in [0.25, 0.3) is 11.3 Å². The van der Waals surface area contributed by atoms with Gasteiger partial charge in [0.1, 0.15) is 17.2 Å². The number of nitrogens with zero attached hydrogens (tertiary/aromatic N) is 2. The molecule has 0 radical (unpaired) electrons. The first-order valence-corrected chi connectivity index (χ1v) is 10.9. The maximum Gasteiger partial charge on any atom is 0.243 e. The lowest BCUT2D eigenvalue weighted by Crippen LogP contribution is -2.20. The first-order chi connectivity index (χ1) is 17.0. The highest BCUT2D eigenvalue weighted by Crippen LogP contribution is 2.30. The van der Waals surface area contributed by atoms with E-state index < -0.39 is 0 Å². The van der Waals surface area contributed by atoms with Crippen molar-refractivity contribution in [2.75, 3.05) is 0 Å². The number of hydrogen-bond donors (Lipinski definition) is 1. The van der Waals surface area contributed by atoms with Gasteiger partial charge in [0.05, 0.1) is 11.3 Å². The molecule has 0 unspecified atom stereocenters. The second kappa shape index (κ2) is 10.9. The van der Waals surface area contributed by atoms with Gasteiger partial charge in [-0.25, -0.2) is 4.98 Å². The zero-order chi connectivity index (χ0) is 24.6. The van der Waals surface area contributed by atoms with Gasteiger partial charge in [0, 0.05) is 24.5 Å². The van der Waals surface area contributed by atoms with Gasteiger partial charge in [0.15, 0.2) is 5.78 Å². The van der Waals surface area contributed by atoms with E-state index in [1.54, 1.807) is 48.8 Å². The van der Waals surface area contributed by atoms with Crippen molar-refractivity contribution in [1.29, 1.82) is 0 Å². The van der Waals surface area contributed by atoms with Crippen molar-refractivity contribution in [1.82, 2.24) is 15.3 Å². The molecule has 2 heterocycles. The Bertz CT molecular complexity index is 1350. The molecule has 4 rings (SSSR count). The summed E-state index contributed by atoms with van der Waals surface area (Å²) < 4.78 is 11.8. The van der Waals surface area contributed by atoms with Gasteiger partial charge in [0.2, 0.25) is 11.8 Å². The summed E-state index contributed by atoms with van der Waals surface area (Å²) in [5, 5.41) is 2.72. The third-order valence-corrected chi connectivity index (χ3v) is 5.00. The molecular formula is C28H23N3O4. The molecule has 0 saturated carbocycles. The highest BCUT2D eigenvalue weighted by atomic mass is 16.5. The third kappa shape index (κ3) is 6.17. The SMILES string of the molecule is C=CC(=O)NCc1cncc(-c2ccc(C(C)=O)c(Oc3ccc(Oc4ccccc4)cc3)n2)c1. The van der Waals surface area contributed by atoms with Crippen molar-refractivity contribution in [3.05, 3.63) is 109 Å². The maximum absolute atomic E-state index is 12.2. The van der Waals surface area contributed by atoms with Gasteiger partial charge in [-0.15, -0.1) is 0 Å². The van der Waals surface area contributed by atoms with Crippen LogP contribution in [0.4, 0.5) is 0 Å². The molecular weight excluding hydrogens is 442 g/mol. The minimum absolute atomic E-state index is 0.165. The molecule has 7 nitrogen and oxygen atoms in total. The molecule has 7 heteroatoms. The number of nitrogens with one attached hydrogen (secondary N) is 1. The van der Waals surface area contributed by atoms with Crippen LogP contribution in [-0.2, 0) is 11.3 Å². The molecule has 0 spiro atoms. The van der Waals surface area contributed by atoms with Gasteiger partial charge in [-0.2, -0.15) is 0 Å². The zero-order valence-electron chi connectivity index (χ0n) is 19.1. The van der Waals surface area contributed by atoms with Crippen molar-refractivity contribution < 1.29 is 19.1 Å². The van der Waals surface area contributed by atoms with Crippen LogP contribution in [0.2, 0.25) is 0 Å². The number of hydrogen-bond acceptors (Lipinski definition) is 6. The Hall–Kier alpha value is -4.78. The Kier molecular flexibility index (Phi) is 7.28. The van der Waals surface area contributed by atoms with E-state index >= 15 is 0 Å². The average molecular weight is 466 g/mol. The minimum atomic E-state index is -0.268. The number of aromatic nitrogens is 2. The monoisotopic (exact) mass is 465 g/mol. The van der Waals surface area contributed by atoms with E-state index in [1.807, 2.05) is 36.4 Å². The second-order valence-corrected chi connectivity index (χ2v) is 7.60. The summed E-state index contributed by atoms with van der Waals surface area (Å²) in [5.74, 6) is 1.66. The van der Waals surface area contributed by atoms with Crippen LogP contribution in [0, 0.1) is 0 Å². The van der Waals surface area contributed by atoms with E-state index in [4.69, 9.17) is 9.47 Å². The van der Waals surface area contributed by atoms with Gasteiger partial charge >= 0.3 is 0 Å². The summed E-state index contributed by atoms with van der Waals surface area (Å²) in [6.07, 6.45) is 4.53. The van der Waals surface area contributed by atoms with Crippen LogP contribution >= 0.6 is 0 Å². The fraction of sp³-hybridized carbons (Fsp3) is 0.0714. The van der Waals surface area contributed by atoms with Crippen molar-refractivity contribution in [2.45, 2.75) is 13.5 Å². The number of ketones is 1. The highest BCUT2D eigenvalue weighted by Gasteiger charge is 2.14. The summed E-state index contributed by atoms with van der Waals surface area (Å²) in [7, 11) is 0. The summed E-state index contributed by atoms with van der Waals surface area (Å²) in [5.41, 5.74) is 2.47. The molecule has 0 fully saturated rings. The predicted molar refractivity (Wildman–Crippen MR) is 133 cm³/mol. The number of para-hydroxylation sites is 1. The molecule has 0 saturated heterocycles. The van der Waals surface area contributed by atoms with Crippen molar-refractivity contribution in [3.63, 3.8) is 0 Å². The molecule has 4 aromatic rings. The summed E-state index contributed by atoms with van der Waals surface area (Å²) >= 11 is 0. The first-order valence-electron chi connectivity index (χ1n) is 10.9. The molecule has 2 aromatic heterocycles. The van der Waals surface area contributed by atoms with Crippen molar-refractivity contribution in [2.24, 2.45) is 0 Å². The molecule has 174 valence electrons. The Morgan fingerprint density at radius 2 is 1.60 bits per heavy atom. The topological polar surface area (TPSA) is 90.4 Å². The molecule has 1 N–H and O–H groups in total. The van der Waals surface area contributed by atoms with Crippen molar-refractivity contribution >= 4 is 11.7 Å². The lowest BCUT2D eigenvalue weighted by molar-refractivity contribution is -0.116. The fourth-order valence-electron chi connectivity index (χ4n) is 3.24. The molecule has 35 heavy (non-hydrogen) atoms. The molecule has 0 bridgehead atoms. The van der Waals surface area contributed by atoms with Gasteiger partial charge < -0.3 is 14.8 Å². The van der Waals surface area contributed by atoms with Crippen molar-refractivity contribution in [3.8, 4) is 34.4 Å². The third-order valence-electron chi connectivity index (χ3n) is 5.00. The summed E-state index contributed by atoms with van der Waals surface area (Å²) in [4.78, 5) is 32.5. The number of carbonyl (C=O) groups excluding carboxylic acids is 2. The number of rotatable bonds is 9. The highest BCUT2D eigenvalue weighted by molar-refractivity contribution is 5.96. The van der Waals surface area contributed by atoms with Crippen LogP contribution in [0.3, 0.4) is 0 Å². The van der Waals surface area contributed by atoms with E-state index in [1.165, 1.54) is 13.0 Å². The minimum Gasteiger partial charge on any atom is -0.457 e. The van der Waals surface area contributed by atoms with Crippen LogP contribution in [-0.4, -0.2) is 21.7 Å². The molecule has 0 aliphatic carbocycles. The number of benzene rings is 2. The van der Waals surface area contributed by atoms with Crippen LogP contribution in [0.5, 0.6) is 23.1 Å². The molecule has 0 aliphatic rings. The number of Topliss-reactive ketones (excluding diaryl/α,β-unsaturated/α-hetero) is 1. The van der Waals surface area contributed by atoms with Crippen LogP contribution < -0.4 is 14.8 Å². The quantitative estimate of drug-likeness (QED) is 0.251. The number of amides is 1. The van der Waals surface area contributed by atoms with E-state index in [0.717, 1.165) is 16.9 Å². The lowest BCUT2D eigenvalue weighted by atomic mass is 10.1. The maximum atomic E-state index is 12.2. The smallest absolute Gasteiger partial charge is 0.243 e. The van der Waals surface area contributed by atoms with Gasteiger partial charge in [-0.1, -0.05) is 24.8 Å². The van der Waals surface area contributed by atoms with E-state index in [9.17, 15) is 9.59 Å². The first kappa shape index (κ1) is 23.4. The number of ether oxygens (including phenoxy) is 2. The lowest BCUT2D eigenvalue weighted by Gasteiger charge is -2.12. The molecule has 0 atom stereocenters. The van der Waals surface area contributed by atoms with E-state index in [0.29, 0.717) is 29.3 Å². The average Bonchev–Trinajstić information content (AvgIpc) is 2.89. The number of pyridine rings is 2. The fourth-order valence-corrected chi connectivity index (χ4v) is 3.24. The summed E-state index contributed by atoms with van der Waals surface area (Å²) in [6, 6.07) is 21.8. The zero-order valence-corrected chi connectivity index (χ0v) is 19.1. The number of carbonyl (C=O) groups is 2. The van der Waals surface area contributed by atoms with Crippen LogP contribution in [0.1, 0.15) is 22.8 Å². The van der Waals surface area contributed by atoms with Crippen LogP contribution in [0.15, 0.2) is 97.8 Å². The van der Waals surface area contributed by atoms with Gasteiger partial charge in [-0.3, -0.25) is 14.6 Å². The standard InChI is InChI=1S/C28H23N3O4/c1-3-27(33)30-17-20-15-21(18-29-16-20)26-14-13-25(19(2)32)28(31-26)35-24-11-9-23(10-12-24)34-22-7-5-4-6-8-22/h3-16,18H,1,17H2,2H3,(H,30,33).